The summed E-state index contributed by atoms with van der Waals surface area (Å²) in [6, 6.07) is 8.21. The second kappa shape index (κ2) is 7.00. The number of hydrogen-bond acceptors (Lipinski definition) is 4. The predicted octanol–water partition coefficient (Wildman–Crippen LogP) is 5.43. The highest BCUT2D eigenvalue weighted by Gasteiger charge is 2.29. The zero-order chi connectivity index (χ0) is 18.0. The molecule has 0 aliphatic carbocycles. The second-order valence-corrected chi connectivity index (χ2v) is 8.33. The van der Waals surface area contributed by atoms with Gasteiger partial charge in [0.15, 0.2) is 0 Å². The summed E-state index contributed by atoms with van der Waals surface area (Å²) < 4.78 is 5.60. The number of rotatable bonds is 2. The van der Waals surface area contributed by atoms with E-state index in [2.05, 4.69) is 42.2 Å². The lowest BCUT2D eigenvalue weighted by atomic mass is 9.98. The van der Waals surface area contributed by atoms with Crippen LogP contribution in [0.25, 0.3) is 16.3 Å². The summed E-state index contributed by atoms with van der Waals surface area (Å²) in [4.78, 5) is 18.8. The summed E-state index contributed by atoms with van der Waals surface area (Å²) in [5, 5.41) is 2.97. The van der Waals surface area contributed by atoms with Gasteiger partial charge in [-0.1, -0.05) is 37.3 Å². The SMILES string of the molecule is CC1CC=C(c2ccc(-c3nccs3)cc2)N(C(=O)OC(C)(C)C)C1. The van der Waals surface area contributed by atoms with Crippen molar-refractivity contribution in [1.29, 1.82) is 0 Å². The van der Waals surface area contributed by atoms with Crippen molar-refractivity contribution in [2.45, 2.75) is 39.7 Å². The average Bonchev–Trinajstić information content (AvgIpc) is 3.08. The van der Waals surface area contributed by atoms with E-state index in [1.54, 1.807) is 16.2 Å². The van der Waals surface area contributed by atoms with Crippen LogP contribution in [0.5, 0.6) is 0 Å². The molecular weight excluding hydrogens is 332 g/mol. The van der Waals surface area contributed by atoms with Gasteiger partial charge in [0, 0.05) is 23.7 Å². The minimum absolute atomic E-state index is 0.283. The van der Waals surface area contributed by atoms with Crippen LogP contribution in [0.1, 0.15) is 39.7 Å². The fourth-order valence-electron chi connectivity index (χ4n) is 2.82. The number of amides is 1. The van der Waals surface area contributed by atoms with E-state index in [0.717, 1.165) is 28.3 Å². The standard InChI is InChI=1S/C20H24N2O2S/c1-14-5-10-17(22(13-14)19(23)24-20(2,3)4)15-6-8-16(9-7-15)18-21-11-12-25-18/h6-12,14H,5,13H2,1-4H3. The van der Waals surface area contributed by atoms with Gasteiger partial charge in [0.1, 0.15) is 10.6 Å². The predicted molar refractivity (Wildman–Crippen MR) is 102 cm³/mol. The summed E-state index contributed by atoms with van der Waals surface area (Å²) >= 11 is 1.62. The van der Waals surface area contributed by atoms with Gasteiger partial charge >= 0.3 is 6.09 Å². The summed E-state index contributed by atoms with van der Waals surface area (Å²) in [5.41, 5.74) is 2.54. The van der Waals surface area contributed by atoms with Crippen LogP contribution in [-0.4, -0.2) is 28.1 Å². The van der Waals surface area contributed by atoms with Gasteiger partial charge in [-0.25, -0.2) is 9.78 Å². The number of thiazole rings is 1. The number of carbonyl (C=O) groups is 1. The molecule has 132 valence electrons. The van der Waals surface area contributed by atoms with Crippen molar-refractivity contribution in [3.05, 3.63) is 47.5 Å². The fraction of sp³-hybridized carbons (Fsp3) is 0.400. The highest BCUT2D eigenvalue weighted by molar-refractivity contribution is 7.13. The van der Waals surface area contributed by atoms with E-state index in [0.29, 0.717) is 12.5 Å². The normalized spacial score (nSPS) is 18.0. The highest BCUT2D eigenvalue weighted by Crippen LogP contribution is 2.31. The van der Waals surface area contributed by atoms with Crippen molar-refractivity contribution in [2.75, 3.05) is 6.54 Å². The van der Waals surface area contributed by atoms with Crippen molar-refractivity contribution < 1.29 is 9.53 Å². The van der Waals surface area contributed by atoms with Gasteiger partial charge in [-0.3, -0.25) is 4.90 Å². The highest BCUT2D eigenvalue weighted by atomic mass is 32.1. The molecule has 1 aliphatic rings. The quantitative estimate of drug-likeness (QED) is 0.721. The third-order valence-corrected chi connectivity index (χ3v) is 4.79. The third kappa shape index (κ3) is 4.28. The summed E-state index contributed by atoms with van der Waals surface area (Å²) in [7, 11) is 0. The number of nitrogens with zero attached hydrogens (tertiary/aromatic N) is 2. The van der Waals surface area contributed by atoms with Gasteiger partial charge in [-0.15, -0.1) is 11.3 Å². The average molecular weight is 356 g/mol. The van der Waals surface area contributed by atoms with E-state index in [4.69, 9.17) is 4.74 Å². The third-order valence-electron chi connectivity index (χ3n) is 3.97. The van der Waals surface area contributed by atoms with Gasteiger partial charge in [0.25, 0.3) is 0 Å². The number of hydrogen-bond donors (Lipinski definition) is 0. The molecule has 0 radical (unpaired) electrons. The van der Waals surface area contributed by atoms with E-state index < -0.39 is 5.60 Å². The molecule has 25 heavy (non-hydrogen) atoms. The molecule has 1 atom stereocenters. The topological polar surface area (TPSA) is 42.4 Å². The molecule has 5 heteroatoms. The number of carbonyl (C=O) groups excluding carboxylic acids is 1. The van der Waals surface area contributed by atoms with Crippen LogP contribution in [0.3, 0.4) is 0 Å². The Morgan fingerprint density at radius 2 is 1.92 bits per heavy atom. The molecule has 1 amide bonds. The molecule has 2 heterocycles. The van der Waals surface area contributed by atoms with Crippen LogP contribution in [0.2, 0.25) is 0 Å². The van der Waals surface area contributed by atoms with Gasteiger partial charge in [0.2, 0.25) is 0 Å². The first kappa shape index (κ1) is 17.7. The summed E-state index contributed by atoms with van der Waals surface area (Å²) in [6.07, 6.45) is 4.62. The maximum Gasteiger partial charge on any atom is 0.414 e. The Kier molecular flexibility index (Phi) is 4.95. The molecule has 1 aromatic heterocycles. The summed E-state index contributed by atoms with van der Waals surface area (Å²) in [6.45, 7) is 8.50. The van der Waals surface area contributed by atoms with Crippen molar-refractivity contribution in [2.24, 2.45) is 5.92 Å². The number of allylic oxidation sites excluding steroid dienone is 1. The minimum Gasteiger partial charge on any atom is -0.443 e. The van der Waals surface area contributed by atoms with Crippen molar-refractivity contribution in [3.63, 3.8) is 0 Å². The number of ether oxygens (including phenoxy) is 1. The van der Waals surface area contributed by atoms with Gasteiger partial charge < -0.3 is 4.74 Å². The van der Waals surface area contributed by atoms with Crippen LogP contribution in [-0.2, 0) is 4.74 Å². The summed E-state index contributed by atoms with van der Waals surface area (Å²) in [5.74, 6) is 0.422. The fourth-order valence-corrected chi connectivity index (χ4v) is 3.47. The van der Waals surface area contributed by atoms with Gasteiger partial charge in [-0.2, -0.15) is 0 Å². The van der Waals surface area contributed by atoms with Gasteiger partial charge in [0.05, 0.1) is 5.70 Å². The van der Waals surface area contributed by atoms with Crippen molar-refractivity contribution in [1.82, 2.24) is 9.88 Å². The monoisotopic (exact) mass is 356 g/mol. The van der Waals surface area contributed by atoms with E-state index in [1.165, 1.54) is 0 Å². The maximum atomic E-state index is 12.7. The lowest BCUT2D eigenvalue weighted by molar-refractivity contribution is 0.0327. The molecule has 0 bridgehead atoms. The van der Waals surface area contributed by atoms with Crippen molar-refractivity contribution >= 4 is 23.1 Å². The Bertz CT molecular complexity index is 758. The molecule has 2 aromatic rings. The number of aromatic nitrogens is 1. The molecule has 0 saturated heterocycles. The Hall–Kier alpha value is -2.14. The smallest absolute Gasteiger partial charge is 0.414 e. The zero-order valence-electron chi connectivity index (χ0n) is 15.2. The van der Waals surface area contributed by atoms with E-state index in [-0.39, 0.29) is 6.09 Å². The largest absolute Gasteiger partial charge is 0.443 e. The first-order valence-electron chi connectivity index (χ1n) is 8.54. The molecule has 0 spiro atoms. The minimum atomic E-state index is -0.502. The molecule has 1 aliphatic heterocycles. The van der Waals surface area contributed by atoms with E-state index in [9.17, 15) is 4.79 Å². The number of benzene rings is 1. The molecule has 4 nitrogen and oxygen atoms in total. The van der Waals surface area contributed by atoms with E-state index in [1.807, 2.05) is 32.3 Å². The molecule has 0 N–H and O–H groups in total. The molecular formula is C20H24N2O2S. The van der Waals surface area contributed by atoms with Crippen LogP contribution in [0.4, 0.5) is 4.79 Å². The lowest BCUT2D eigenvalue weighted by Gasteiger charge is -2.34. The lowest BCUT2D eigenvalue weighted by Crippen LogP contribution is -2.39. The second-order valence-electron chi connectivity index (χ2n) is 7.44. The Balaban J connectivity index is 1.86. The molecule has 1 unspecified atom stereocenters. The van der Waals surface area contributed by atoms with Crippen LogP contribution < -0.4 is 0 Å². The van der Waals surface area contributed by atoms with Crippen molar-refractivity contribution in [3.8, 4) is 10.6 Å². The van der Waals surface area contributed by atoms with Crippen LogP contribution in [0.15, 0.2) is 41.9 Å². The Morgan fingerprint density at radius 1 is 1.24 bits per heavy atom. The Morgan fingerprint density at radius 3 is 2.52 bits per heavy atom. The molecule has 1 aromatic carbocycles. The first-order chi connectivity index (χ1) is 11.8. The van der Waals surface area contributed by atoms with Crippen LogP contribution in [0, 0.1) is 5.92 Å². The molecule has 3 rings (SSSR count). The maximum absolute atomic E-state index is 12.7. The molecule has 0 saturated carbocycles. The molecule has 0 fully saturated rings. The Labute approximate surface area is 153 Å². The van der Waals surface area contributed by atoms with Gasteiger partial charge in [-0.05, 0) is 38.7 Å². The van der Waals surface area contributed by atoms with Crippen LogP contribution >= 0.6 is 11.3 Å². The zero-order valence-corrected chi connectivity index (χ0v) is 16.0. The van der Waals surface area contributed by atoms with E-state index >= 15 is 0 Å². The first-order valence-corrected chi connectivity index (χ1v) is 9.42.